The predicted molar refractivity (Wildman–Crippen MR) is 63.8 cm³/mol. The minimum Gasteiger partial charge on any atom is -0.446 e. The van der Waals surface area contributed by atoms with Crippen molar-refractivity contribution in [2.45, 2.75) is 0 Å². The van der Waals surface area contributed by atoms with Crippen LogP contribution < -0.4 is 0 Å². The molecule has 3 aromatic heterocycles. The smallest absolute Gasteiger partial charge is 0.204 e. The van der Waals surface area contributed by atoms with Gasteiger partial charge in [-0.1, -0.05) is 6.07 Å². The zero-order chi connectivity index (χ0) is 11.8. The molecule has 0 N–H and O–H groups in total. The highest BCUT2D eigenvalue weighted by atomic mass is 79.9. The first kappa shape index (κ1) is 10.2. The highest BCUT2D eigenvalue weighted by Gasteiger charge is 2.13. The third-order valence-corrected chi connectivity index (χ3v) is 2.80. The Labute approximate surface area is 104 Å². The van der Waals surface area contributed by atoms with Gasteiger partial charge < -0.3 is 4.42 Å². The van der Waals surface area contributed by atoms with Gasteiger partial charge >= 0.3 is 0 Å². The molecule has 0 atom stereocenters. The number of aldehydes is 1. The molecule has 0 aromatic carbocycles. The third-order valence-electron chi connectivity index (χ3n) is 2.37. The van der Waals surface area contributed by atoms with Gasteiger partial charge in [-0.2, -0.15) is 0 Å². The van der Waals surface area contributed by atoms with Gasteiger partial charge in [0.1, 0.15) is 0 Å². The number of fused-ring (bicyclic) bond motifs is 1. The number of pyridine rings is 1. The number of halogens is 1. The van der Waals surface area contributed by atoms with E-state index in [0.717, 1.165) is 6.29 Å². The highest BCUT2D eigenvalue weighted by Crippen LogP contribution is 2.24. The van der Waals surface area contributed by atoms with E-state index >= 15 is 0 Å². The van der Waals surface area contributed by atoms with Crippen molar-refractivity contribution >= 4 is 27.9 Å². The van der Waals surface area contributed by atoms with Gasteiger partial charge in [0.2, 0.25) is 5.82 Å². The van der Waals surface area contributed by atoms with Crippen LogP contribution in [-0.2, 0) is 0 Å². The zero-order valence-corrected chi connectivity index (χ0v) is 10.1. The Hall–Kier alpha value is -1.95. The Morgan fingerprint density at radius 1 is 1.24 bits per heavy atom. The normalized spacial score (nSPS) is 10.9. The van der Waals surface area contributed by atoms with Crippen LogP contribution in [0.4, 0.5) is 0 Å². The van der Waals surface area contributed by atoms with E-state index in [1.807, 2.05) is 0 Å². The summed E-state index contributed by atoms with van der Waals surface area (Å²) in [5, 5.41) is 8.02. The Balaban J connectivity index is 2.33. The molecule has 3 heterocycles. The van der Waals surface area contributed by atoms with E-state index in [1.54, 1.807) is 34.7 Å². The van der Waals surface area contributed by atoms with Gasteiger partial charge in [-0.3, -0.25) is 9.20 Å². The fraction of sp³-hybridized carbons (Fsp3) is 0. The van der Waals surface area contributed by atoms with E-state index in [0.29, 0.717) is 27.6 Å². The summed E-state index contributed by atoms with van der Waals surface area (Å²) < 4.78 is 7.67. The second kappa shape index (κ2) is 3.81. The Morgan fingerprint density at radius 2 is 2.12 bits per heavy atom. The van der Waals surface area contributed by atoms with Crippen molar-refractivity contribution in [3.05, 3.63) is 40.7 Å². The molecule has 84 valence electrons. The summed E-state index contributed by atoms with van der Waals surface area (Å²) >= 11 is 3.22. The molecule has 0 aliphatic rings. The van der Waals surface area contributed by atoms with E-state index in [-0.39, 0.29) is 0 Å². The first-order chi connectivity index (χ1) is 8.29. The van der Waals surface area contributed by atoms with Crippen LogP contribution >= 0.6 is 15.9 Å². The lowest BCUT2D eigenvalue weighted by Gasteiger charge is -1.99. The largest absolute Gasteiger partial charge is 0.446 e. The lowest BCUT2D eigenvalue weighted by molar-refractivity contribution is 0.111. The van der Waals surface area contributed by atoms with Crippen molar-refractivity contribution in [2.75, 3.05) is 0 Å². The molecule has 0 aliphatic carbocycles. The SMILES string of the molecule is O=Cc1cccc2nnc(-c3ccc(Br)o3)n12. The van der Waals surface area contributed by atoms with Crippen molar-refractivity contribution in [2.24, 2.45) is 0 Å². The van der Waals surface area contributed by atoms with E-state index < -0.39 is 0 Å². The molecule has 0 spiro atoms. The Kier molecular flexibility index (Phi) is 2.29. The fourth-order valence-corrected chi connectivity index (χ4v) is 1.96. The van der Waals surface area contributed by atoms with Gasteiger partial charge in [0, 0.05) is 0 Å². The maximum Gasteiger partial charge on any atom is 0.204 e. The van der Waals surface area contributed by atoms with Crippen LogP contribution in [0.3, 0.4) is 0 Å². The molecule has 5 nitrogen and oxygen atoms in total. The molecule has 17 heavy (non-hydrogen) atoms. The second-order valence-corrected chi connectivity index (χ2v) is 4.17. The van der Waals surface area contributed by atoms with Crippen molar-refractivity contribution in [1.82, 2.24) is 14.6 Å². The maximum atomic E-state index is 11.0. The van der Waals surface area contributed by atoms with Crippen LogP contribution in [0, 0.1) is 0 Å². The van der Waals surface area contributed by atoms with Gasteiger partial charge in [-0.05, 0) is 40.2 Å². The fourth-order valence-electron chi connectivity index (χ4n) is 1.65. The molecule has 0 aliphatic heterocycles. The topological polar surface area (TPSA) is 60.4 Å². The molecule has 0 saturated heterocycles. The monoisotopic (exact) mass is 291 g/mol. The van der Waals surface area contributed by atoms with E-state index in [9.17, 15) is 4.79 Å². The van der Waals surface area contributed by atoms with E-state index in [2.05, 4.69) is 26.1 Å². The molecule has 0 radical (unpaired) electrons. The first-order valence-electron chi connectivity index (χ1n) is 4.84. The molecule has 0 bridgehead atoms. The number of aromatic nitrogens is 3. The van der Waals surface area contributed by atoms with Crippen LogP contribution in [0.1, 0.15) is 10.5 Å². The van der Waals surface area contributed by atoms with Crippen molar-refractivity contribution in [1.29, 1.82) is 0 Å². The third kappa shape index (κ3) is 1.57. The number of hydrogen-bond acceptors (Lipinski definition) is 4. The average molecular weight is 292 g/mol. The molecule has 3 aromatic rings. The summed E-state index contributed by atoms with van der Waals surface area (Å²) in [4.78, 5) is 11.0. The lowest BCUT2D eigenvalue weighted by Crippen LogP contribution is -1.96. The minimum absolute atomic E-state index is 0.482. The Morgan fingerprint density at radius 3 is 2.82 bits per heavy atom. The quantitative estimate of drug-likeness (QED) is 0.681. The average Bonchev–Trinajstić information content (AvgIpc) is 2.94. The summed E-state index contributed by atoms with van der Waals surface area (Å²) in [6.07, 6.45) is 0.762. The van der Waals surface area contributed by atoms with Crippen LogP contribution in [0.25, 0.3) is 17.2 Å². The predicted octanol–water partition coefficient (Wildman–Crippen LogP) is 2.56. The number of rotatable bonds is 2. The first-order valence-corrected chi connectivity index (χ1v) is 5.64. The number of hydrogen-bond donors (Lipinski definition) is 0. The minimum atomic E-state index is 0.482. The van der Waals surface area contributed by atoms with Gasteiger partial charge in [-0.15, -0.1) is 10.2 Å². The number of carbonyl (C=O) groups excluding carboxylic acids is 1. The van der Waals surface area contributed by atoms with E-state index in [4.69, 9.17) is 4.42 Å². The van der Waals surface area contributed by atoms with Gasteiger partial charge in [0.15, 0.2) is 22.4 Å². The molecule has 0 fully saturated rings. The van der Waals surface area contributed by atoms with Gasteiger partial charge in [0.25, 0.3) is 0 Å². The molecular weight excluding hydrogens is 286 g/mol. The zero-order valence-electron chi connectivity index (χ0n) is 8.50. The maximum absolute atomic E-state index is 11.0. The van der Waals surface area contributed by atoms with Crippen molar-refractivity contribution in [3.63, 3.8) is 0 Å². The number of nitrogens with zero attached hydrogens (tertiary/aromatic N) is 3. The van der Waals surface area contributed by atoms with Crippen molar-refractivity contribution < 1.29 is 9.21 Å². The molecule has 3 rings (SSSR count). The molecule has 0 saturated carbocycles. The van der Waals surface area contributed by atoms with Crippen LogP contribution in [-0.4, -0.2) is 20.9 Å². The standard InChI is InChI=1S/C11H6BrN3O2/c12-9-5-4-8(17-9)11-14-13-10-3-1-2-7(6-16)15(10)11/h1-6H. The summed E-state index contributed by atoms with van der Waals surface area (Å²) in [6, 6.07) is 8.77. The van der Waals surface area contributed by atoms with Crippen molar-refractivity contribution in [3.8, 4) is 11.6 Å². The Bertz CT molecular complexity index is 702. The van der Waals surface area contributed by atoms with E-state index in [1.165, 1.54) is 0 Å². The van der Waals surface area contributed by atoms with Gasteiger partial charge in [0.05, 0.1) is 5.69 Å². The van der Waals surface area contributed by atoms with Crippen LogP contribution in [0.2, 0.25) is 0 Å². The summed E-state index contributed by atoms with van der Waals surface area (Å²) in [5.41, 5.74) is 1.09. The number of carbonyl (C=O) groups is 1. The van der Waals surface area contributed by atoms with Crippen LogP contribution in [0.15, 0.2) is 39.4 Å². The summed E-state index contributed by atoms with van der Waals surface area (Å²) in [6.45, 7) is 0. The summed E-state index contributed by atoms with van der Waals surface area (Å²) in [5.74, 6) is 1.06. The second-order valence-electron chi connectivity index (χ2n) is 3.39. The van der Waals surface area contributed by atoms with Gasteiger partial charge in [-0.25, -0.2) is 0 Å². The van der Waals surface area contributed by atoms with Crippen LogP contribution in [0.5, 0.6) is 0 Å². The summed E-state index contributed by atoms with van der Waals surface area (Å²) in [7, 11) is 0. The molecule has 0 unspecified atom stereocenters. The lowest BCUT2D eigenvalue weighted by atomic mass is 10.3. The number of furan rings is 1. The molecule has 6 heteroatoms. The molecular formula is C11H6BrN3O2. The molecule has 0 amide bonds. The highest BCUT2D eigenvalue weighted by molar-refractivity contribution is 9.10.